The van der Waals surface area contributed by atoms with Crippen molar-refractivity contribution < 1.29 is 27.9 Å². The van der Waals surface area contributed by atoms with Gasteiger partial charge in [-0.25, -0.2) is 15.0 Å². The number of halogens is 3. The SMILES string of the molecule is Nc1nccn2c(C3C[C@@H]4C(C(=O)O)[C@@H]4C3)nc(-c3ccc(C(=O)Nc4cc(C(F)(F)F)ccn4)cc3)c12. The topological polar surface area (TPSA) is 136 Å². The predicted octanol–water partition coefficient (Wildman–Crippen LogP) is 4.47. The molecule has 38 heavy (non-hydrogen) atoms. The number of carbonyl (C=O) groups is 2. The zero-order valence-corrected chi connectivity index (χ0v) is 19.7. The summed E-state index contributed by atoms with van der Waals surface area (Å²) in [6.45, 7) is 0. The normalized spacial score (nSPS) is 22.3. The molecule has 2 saturated carbocycles. The number of nitrogen functional groups attached to an aromatic ring is 1. The number of rotatable bonds is 5. The van der Waals surface area contributed by atoms with Gasteiger partial charge in [0, 0.05) is 35.6 Å². The van der Waals surface area contributed by atoms with Gasteiger partial charge in [-0.1, -0.05) is 12.1 Å². The fourth-order valence-corrected chi connectivity index (χ4v) is 5.64. The van der Waals surface area contributed by atoms with Crippen LogP contribution >= 0.6 is 0 Å². The molecule has 2 aliphatic carbocycles. The third-order valence-corrected chi connectivity index (χ3v) is 7.46. The Labute approximate surface area is 213 Å². The summed E-state index contributed by atoms with van der Waals surface area (Å²) in [7, 11) is 0. The number of benzene rings is 1. The Morgan fingerprint density at radius 1 is 1.05 bits per heavy atom. The van der Waals surface area contributed by atoms with Crippen LogP contribution in [-0.2, 0) is 11.0 Å². The van der Waals surface area contributed by atoms with Gasteiger partial charge in [-0.15, -0.1) is 0 Å². The van der Waals surface area contributed by atoms with Gasteiger partial charge in [-0.05, 0) is 48.9 Å². The first-order chi connectivity index (χ1) is 18.1. The number of nitrogens with two attached hydrogens (primary N) is 1. The lowest BCUT2D eigenvalue weighted by atomic mass is 9.99. The quantitative estimate of drug-likeness (QED) is 0.352. The van der Waals surface area contributed by atoms with E-state index in [1.165, 1.54) is 12.1 Å². The Bertz CT molecular complexity index is 1570. The van der Waals surface area contributed by atoms with Crippen molar-refractivity contribution in [3.63, 3.8) is 0 Å². The Hall–Kier alpha value is -4.48. The summed E-state index contributed by atoms with van der Waals surface area (Å²) in [5, 5.41) is 11.7. The number of carbonyl (C=O) groups excluding carboxylic acids is 1. The van der Waals surface area contributed by atoms with Gasteiger partial charge in [0.15, 0.2) is 0 Å². The summed E-state index contributed by atoms with van der Waals surface area (Å²) < 4.78 is 40.8. The van der Waals surface area contributed by atoms with Crippen molar-refractivity contribution in [3.05, 3.63) is 71.9 Å². The number of hydrogen-bond donors (Lipinski definition) is 3. The van der Waals surface area contributed by atoms with Gasteiger partial charge in [0.05, 0.1) is 11.5 Å². The van der Waals surface area contributed by atoms with Crippen LogP contribution in [0.25, 0.3) is 16.8 Å². The molecule has 1 amide bonds. The molecule has 9 nitrogen and oxygen atoms in total. The minimum atomic E-state index is -4.55. The summed E-state index contributed by atoms with van der Waals surface area (Å²) in [5.41, 5.74) is 7.38. The Morgan fingerprint density at radius 2 is 1.76 bits per heavy atom. The second kappa shape index (κ2) is 8.54. The molecule has 1 aromatic carbocycles. The van der Waals surface area contributed by atoms with E-state index >= 15 is 0 Å². The van der Waals surface area contributed by atoms with Gasteiger partial charge < -0.3 is 16.2 Å². The smallest absolute Gasteiger partial charge is 0.416 e. The molecule has 0 aliphatic heterocycles. The number of nitrogens with zero attached hydrogens (tertiary/aromatic N) is 4. The van der Waals surface area contributed by atoms with E-state index < -0.39 is 23.6 Å². The average molecular weight is 522 g/mol. The van der Waals surface area contributed by atoms with E-state index in [-0.39, 0.29) is 40.9 Å². The molecule has 12 heteroatoms. The first-order valence-corrected chi connectivity index (χ1v) is 11.9. The van der Waals surface area contributed by atoms with Crippen molar-refractivity contribution in [1.82, 2.24) is 19.4 Å². The van der Waals surface area contributed by atoms with Crippen molar-refractivity contribution in [2.24, 2.45) is 17.8 Å². The molecular weight excluding hydrogens is 501 g/mol. The number of alkyl halides is 3. The van der Waals surface area contributed by atoms with Crippen molar-refractivity contribution in [3.8, 4) is 11.3 Å². The van der Waals surface area contributed by atoms with Gasteiger partial charge in [0.2, 0.25) is 0 Å². The van der Waals surface area contributed by atoms with Crippen LogP contribution in [0.15, 0.2) is 55.0 Å². The highest BCUT2D eigenvalue weighted by Gasteiger charge is 2.60. The second-order valence-electron chi connectivity index (χ2n) is 9.67. The molecule has 2 fully saturated rings. The van der Waals surface area contributed by atoms with Gasteiger partial charge in [-0.2, -0.15) is 13.2 Å². The minimum absolute atomic E-state index is 0.0914. The number of carboxylic acids is 1. The minimum Gasteiger partial charge on any atom is -0.481 e. The van der Waals surface area contributed by atoms with Gasteiger partial charge >= 0.3 is 12.1 Å². The van der Waals surface area contributed by atoms with Crippen LogP contribution in [0.4, 0.5) is 24.8 Å². The van der Waals surface area contributed by atoms with Crippen LogP contribution in [0.2, 0.25) is 0 Å². The lowest BCUT2D eigenvalue weighted by Crippen LogP contribution is -2.14. The number of carboxylic acid groups (broad SMARTS) is 1. The molecule has 194 valence electrons. The van der Waals surface area contributed by atoms with Crippen molar-refractivity contribution in [2.45, 2.75) is 24.9 Å². The van der Waals surface area contributed by atoms with Crippen LogP contribution in [0, 0.1) is 17.8 Å². The number of nitrogens with one attached hydrogen (secondary N) is 1. The fraction of sp³-hybridized carbons (Fsp3) is 0.269. The third kappa shape index (κ3) is 4.01. The number of fused-ring (bicyclic) bond motifs is 2. The van der Waals surface area contributed by atoms with Crippen LogP contribution in [0.3, 0.4) is 0 Å². The van der Waals surface area contributed by atoms with E-state index in [1.807, 2.05) is 4.40 Å². The van der Waals surface area contributed by atoms with Crippen molar-refractivity contribution >= 4 is 29.0 Å². The predicted molar refractivity (Wildman–Crippen MR) is 130 cm³/mol. The summed E-state index contributed by atoms with van der Waals surface area (Å²) >= 11 is 0. The van der Waals surface area contributed by atoms with Crippen LogP contribution in [0.1, 0.15) is 40.5 Å². The number of hydrogen-bond acceptors (Lipinski definition) is 6. The molecular formula is C26H21F3N6O3. The molecule has 0 radical (unpaired) electrons. The maximum Gasteiger partial charge on any atom is 0.416 e. The molecule has 0 spiro atoms. The maximum absolute atomic E-state index is 13.0. The Kier molecular flexibility index (Phi) is 5.37. The largest absolute Gasteiger partial charge is 0.481 e. The Morgan fingerprint density at radius 3 is 2.42 bits per heavy atom. The fourth-order valence-electron chi connectivity index (χ4n) is 5.64. The number of aromatic nitrogens is 4. The van der Waals surface area contributed by atoms with E-state index in [0.717, 1.165) is 37.0 Å². The Balaban J connectivity index is 1.26. The summed E-state index contributed by atoms with van der Waals surface area (Å²) in [5.74, 6) is -0.345. The molecule has 0 bridgehead atoms. The maximum atomic E-state index is 13.0. The number of amides is 1. The second-order valence-corrected chi connectivity index (χ2v) is 9.67. The van der Waals surface area contributed by atoms with Crippen LogP contribution in [-0.4, -0.2) is 36.3 Å². The highest BCUT2D eigenvalue weighted by atomic mass is 19.4. The highest BCUT2D eigenvalue weighted by Crippen LogP contribution is 2.62. The lowest BCUT2D eigenvalue weighted by Gasteiger charge is -2.12. The van der Waals surface area contributed by atoms with Crippen molar-refractivity contribution in [2.75, 3.05) is 11.1 Å². The van der Waals surface area contributed by atoms with E-state index in [0.29, 0.717) is 16.8 Å². The number of anilines is 2. The number of pyridine rings is 1. The molecule has 4 aromatic rings. The number of aliphatic carboxylic acids is 1. The molecule has 0 saturated heterocycles. The zero-order valence-electron chi connectivity index (χ0n) is 19.7. The molecule has 3 aromatic heterocycles. The summed E-state index contributed by atoms with van der Waals surface area (Å²) in [6, 6.07) is 8.04. The standard InChI is InChI=1S/C26H21F3N6O3/c27-26(28,29)15-5-6-31-18(11-15)33-24(36)13-3-1-12(2-4-13)20-21-22(30)32-7-8-35(21)23(34-20)14-9-16-17(10-14)19(16)25(37)38/h1-8,11,14,16-17,19H,9-10H2,(H2,30,32)(H,37,38)(H,31,33,36)/t14?,16-,17+,19?. The molecule has 2 unspecified atom stereocenters. The third-order valence-electron chi connectivity index (χ3n) is 7.46. The van der Waals surface area contributed by atoms with E-state index in [4.69, 9.17) is 10.7 Å². The number of imidazole rings is 1. The molecule has 3 heterocycles. The molecule has 4 atom stereocenters. The van der Waals surface area contributed by atoms with Crippen LogP contribution < -0.4 is 11.1 Å². The van der Waals surface area contributed by atoms with E-state index in [1.54, 1.807) is 24.5 Å². The van der Waals surface area contributed by atoms with E-state index in [9.17, 15) is 27.9 Å². The van der Waals surface area contributed by atoms with Gasteiger partial charge in [0.25, 0.3) is 5.91 Å². The van der Waals surface area contributed by atoms with Crippen LogP contribution in [0.5, 0.6) is 0 Å². The van der Waals surface area contributed by atoms with Gasteiger partial charge in [-0.3, -0.25) is 14.0 Å². The first kappa shape index (κ1) is 23.9. The zero-order chi connectivity index (χ0) is 26.8. The molecule has 2 aliphatic rings. The van der Waals surface area contributed by atoms with E-state index in [2.05, 4.69) is 15.3 Å². The average Bonchev–Trinajstić information content (AvgIpc) is 3.20. The van der Waals surface area contributed by atoms with Crippen molar-refractivity contribution in [1.29, 1.82) is 0 Å². The summed E-state index contributed by atoms with van der Waals surface area (Å²) in [4.78, 5) is 36.9. The van der Waals surface area contributed by atoms with Gasteiger partial charge in [0.1, 0.15) is 28.7 Å². The first-order valence-electron chi connectivity index (χ1n) is 11.9. The lowest BCUT2D eigenvalue weighted by molar-refractivity contribution is -0.139. The monoisotopic (exact) mass is 522 g/mol. The molecule has 4 N–H and O–H groups in total. The highest BCUT2D eigenvalue weighted by molar-refractivity contribution is 6.04. The summed E-state index contributed by atoms with van der Waals surface area (Å²) in [6.07, 6.45) is 1.28. The molecule has 6 rings (SSSR count).